The Kier molecular flexibility index (Phi) is 5.41. The second-order valence-corrected chi connectivity index (χ2v) is 4.30. The number of aliphatic carboxylic acids is 1. The molecule has 112 valence electrons. The van der Waals surface area contributed by atoms with Gasteiger partial charge in [0.25, 0.3) is 5.91 Å². The average Bonchev–Trinajstić information content (AvgIpc) is 2.36. The molecule has 0 saturated heterocycles. The van der Waals surface area contributed by atoms with Crippen LogP contribution in [0.15, 0.2) is 24.3 Å². The van der Waals surface area contributed by atoms with Crippen molar-refractivity contribution in [2.45, 2.75) is 19.4 Å². The smallest absolute Gasteiger partial charge is 0.326 e. The summed E-state index contributed by atoms with van der Waals surface area (Å²) in [5.74, 6) is -3.18. The topological polar surface area (TPSA) is 139 Å². The first-order chi connectivity index (χ1) is 9.79. The van der Waals surface area contributed by atoms with Gasteiger partial charge >= 0.3 is 5.97 Å². The van der Waals surface area contributed by atoms with Crippen LogP contribution < -0.4 is 16.4 Å². The van der Waals surface area contributed by atoms with Crippen molar-refractivity contribution in [3.63, 3.8) is 0 Å². The zero-order chi connectivity index (χ0) is 16.0. The highest BCUT2D eigenvalue weighted by molar-refractivity contribution is 5.99. The van der Waals surface area contributed by atoms with Crippen LogP contribution >= 0.6 is 0 Å². The number of carbonyl (C=O) groups excluding carboxylic acids is 3. The molecular formula is C13H15N3O5. The van der Waals surface area contributed by atoms with Crippen LogP contribution in [0.2, 0.25) is 0 Å². The van der Waals surface area contributed by atoms with E-state index in [4.69, 9.17) is 10.8 Å². The van der Waals surface area contributed by atoms with E-state index in [0.29, 0.717) is 5.69 Å². The van der Waals surface area contributed by atoms with Gasteiger partial charge in [-0.15, -0.1) is 0 Å². The molecule has 0 saturated carbocycles. The van der Waals surface area contributed by atoms with Gasteiger partial charge in [0.2, 0.25) is 11.8 Å². The molecule has 21 heavy (non-hydrogen) atoms. The van der Waals surface area contributed by atoms with Gasteiger partial charge in [-0.2, -0.15) is 0 Å². The first kappa shape index (κ1) is 16.2. The molecular weight excluding hydrogens is 278 g/mol. The van der Waals surface area contributed by atoms with Crippen molar-refractivity contribution in [1.82, 2.24) is 5.32 Å². The number of carbonyl (C=O) groups is 4. The molecule has 1 aromatic rings. The average molecular weight is 293 g/mol. The van der Waals surface area contributed by atoms with Gasteiger partial charge in [-0.05, 0) is 18.2 Å². The van der Waals surface area contributed by atoms with E-state index in [1.54, 1.807) is 6.07 Å². The molecule has 0 fully saturated rings. The van der Waals surface area contributed by atoms with E-state index in [1.807, 2.05) is 0 Å². The summed E-state index contributed by atoms with van der Waals surface area (Å²) < 4.78 is 0. The van der Waals surface area contributed by atoms with Gasteiger partial charge in [-0.1, -0.05) is 6.07 Å². The maximum Gasteiger partial charge on any atom is 0.326 e. The number of carboxylic acid groups (broad SMARTS) is 1. The second-order valence-electron chi connectivity index (χ2n) is 4.30. The summed E-state index contributed by atoms with van der Waals surface area (Å²) in [5, 5.41) is 13.6. The maximum atomic E-state index is 11.9. The van der Waals surface area contributed by atoms with E-state index in [-0.39, 0.29) is 11.5 Å². The lowest BCUT2D eigenvalue weighted by atomic mass is 10.1. The first-order valence-electron chi connectivity index (χ1n) is 5.99. The Balaban J connectivity index is 2.84. The fraction of sp³-hybridized carbons (Fsp3) is 0.231. The third-order valence-electron chi connectivity index (χ3n) is 2.45. The van der Waals surface area contributed by atoms with Crippen molar-refractivity contribution in [3.05, 3.63) is 29.8 Å². The molecule has 0 heterocycles. The Morgan fingerprint density at radius 3 is 2.48 bits per heavy atom. The van der Waals surface area contributed by atoms with Crippen LogP contribution in [0.25, 0.3) is 0 Å². The molecule has 0 aromatic heterocycles. The lowest BCUT2D eigenvalue weighted by Gasteiger charge is -2.13. The number of benzene rings is 1. The maximum absolute atomic E-state index is 11.9. The number of amides is 3. The fourth-order valence-corrected chi connectivity index (χ4v) is 1.58. The molecule has 0 unspecified atom stereocenters. The van der Waals surface area contributed by atoms with Gasteiger partial charge in [-0.3, -0.25) is 14.4 Å². The van der Waals surface area contributed by atoms with E-state index in [9.17, 15) is 19.2 Å². The molecule has 0 bridgehead atoms. The summed E-state index contributed by atoms with van der Waals surface area (Å²) in [4.78, 5) is 44.6. The van der Waals surface area contributed by atoms with Crippen molar-refractivity contribution in [1.29, 1.82) is 0 Å². The predicted octanol–water partition coefficient (Wildman–Crippen LogP) is -0.297. The van der Waals surface area contributed by atoms with Gasteiger partial charge in [-0.25, -0.2) is 4.79 Å². The molecule has 1 aromatic carbocycles. The van der Waals surface area contributed by atoms with Crippen LogP contribution in [-0.2, 0) is 14.4 Å². The lowest BCUT2D eigenvalue weighted by molar-refractivity contribution is -0.140. The van der Waals surface area contributed by atoms with Crippen molar-refractivity contribution in [2.75, 3.05) is 5.32 Å². The van der Waals surface area contributed by atoms with Crippen molar-refractivity contribution in [3.8, 4) is 0 Å². The summed E-state index contributed by atoms with van der Waals surface area (Å²) in [6.45, 7) is 1.32. The number of rotatable bonds is 6. The Bertz CT molecular complexity index is 585. The van der Waals surface area contributed by atoms with Crippen LogP contribution in [0.5, 0.6) is 0 Å². The molecule has 3 amide bonds. The minimum Gasteiger partial charge on any atom is -0.480 e. The third kappa shape index (κ3) is 5.31. The van der Waals surface area contributed by atoms with Crippen LogP contribution in [0.3, 0.4) is 0 Å². The summed E-state index contributed by atoms with van der Waals surface area (Å²) in [7, 11) is 0. The predicted molar refractivity (Wildman–Crippen MR) is 73.4 cm³/mol. The molecule has 5 N–H and O–H groups in total. The highest BCUT2D eigenvalue weighted by atomic mass is 16.4. The highest BCUT2D eigenvalue weighted by Crippen LogP contribution is 2.11. The van der Waals surface area contributed by atoms with Gasteiger partial charge in [0.05, 0.1) is 6.42 Å². The van der Waals surface area contributed by atoms with Gasteiger partial charge < -0.3 is 21.5 Å². The molecule has 8 nitrogen and oxygen atoms in total. The quantitative estimate of drug-likeness (QED) is 0.570. The summed E-state index contributed by atoms with van der Waals surface area (Å²) >= 11 is 0. The Hall–Kier alpha value is -2.90. The van der Waals surface area contributed by atoms with Gasteiger partial charge in [0.1, 0.15) is 6.04 Å². The van der Waals surface area contributed by atoms with Crippen LogP contribution in [0, 0.1) is 0 Å². The lowest BCUT2D eigenvalue weighted by Crippen LogP contribution is -2.43. The Morgan fingerprint density at radius 1 is 1.29 bits per heavy atom. The fourth-order valence-electron chi connectivity index (χ4n) is 1.58. The largest absolute Gasteiger partial charge is 0.480 e. The van der Waals surface area contributed by atoms with Gasteiger partial charge in [0.15, 0.2) is 0 Å². The minimum absolute atomic E-state index is 0.150. The number of nitrogens with one attached hydrogen (secondary N) is 2. The SMILES string of the molecule is CC(=O)Nc1cccc(C(=O)N[C@@H](CC(N)=O)C(=O)O)c1. The molecule has 0 aliphatic heterocycles. The number of nitrogens with two attached hydrogens (primary N) is 1. The van der Waals surface area contributed by atoms with E-state index < -0.39 is 30.2 Å². The number of anilines is 1. The Labute approximate surface area is 120 Å². The number of hydrogen-bond donors (Lipinski definition) is 4. The molecule has 1 rings (SSSR count). The van der Waals surface area contributed by atoms with Crippen LogP contribution in [-0.4, -0.2) is 34.8 Å². The molecule has 0 spiro atoms. The summed E-state index contributed by atoms with van der Waals surface area (Å²) in [6.07, 6.45) is -0.507. The Morgan fingerprint density at radius 2 is 1.95 bits per heavy atom. The van der Waals surface area contributed by atoms with Crippen molar-refractivity contribution < 1.29 is 24.3 Å². The van der Waals surface area contributed by atoms with E-state index in [2.05, 4.69) is 10.6 Å². The zero-order valence-corrected chi connectivity index (χ0v) is 11.3. The minimum atomic E-state index is -1.40. The highest BCUT2D eigenvalue weighted by Gasteiger charge is 2.22. The monoisotopic (exact) mass is 293 g/mol. The van der Waals surface area contributed by atoms with Crippen molar-refractivity contribution in [2.24, 2.45) is 5.73 Å². The van der Waals surface area contributed by atoms with E-state index in [0.717, 1.165) is 0 Å². The van der Waals surface area contributed by atoms with Gasteiger partial charge in [0, 0.05) is 18.2 Å². The van der Waals surface area contributed by atoms with Crippen LogP contribution in [0.4, 0.5) is 5.69 Å². The van der Waals surface area contributed by atoms with E-state index in [1.165, 1.54) is 25.1 Å². The summed E-state index contributed by atoms with van der Waals surface area (Å²) in [6, 6.07) is 4.55. The number of hydrogen-bond acceptors (Lipinski definition) is 4. The molecule has 0 aliphatic rings. The normalized spacial score (nSPS) is 11.3. The molecule has 0 radical (unpaired) electrons. The standard InChI is InChI=1S/C13H15N3O5/c1-7(17)15-9-4-2-3-8(5-9)12(19)16-10(13(20)21)6-11(14)18/h2-5,10H,6H2,1H3,(H2,14,18)(H,15,17)(H,16,19)(H,20,21)/t10-/m0/s1. The molecule has 0 aliphatic carbocycles. The zero-order valence-electron chi connectivity index (χ0n) is 11.3. The number of carboxylic acids is 1. The second kappa shape index (κ2) is 7.04. The number of primary amides is 1. The first-order valence-corrected chi connectivity index (χ1v) is 5.99. The summed E-state index contributed by atoms with van der Waals surface area (Å²) in [5.41, 5.74) is 5.47. The molecule has 1 atom stereocenters. The van der Waals surface area contributed by atoms with Crippen LogP contribution in [0.1, 0.15) is 23.7 Å². The third-order valence-corrected chi connectivity index (χ3v) is 2.45. The van der Waals surface area contributed by atoms with E-state index >= 15 is 0 Å². The molecule has 8 heteroatoms. The van der Waals surface area contributed by atoms with Crippen molar-refractivity contribution >= 4 is 29.4 Å².